The quantitative estimate of drug-likeness (QED) is 0.470. The van der Waals surface area contributed by atoms with E-state index in [1.807, 2.05) is 0 Å². The minimum Gasteiger partial charge on any atom is -0.481 e. The van der Waals surface area contributed by atoms with E-state index in [1.165, 1.54) is 5.57 Å². The van der Waals surface area contributed by atoms with Gasteiger partial charge >= 0.3 is 5.97 Å². The molecule has 0 saturated carbocycles. The highest BCUT2D eigenvalue weighted by Crippen LogP contribution is 2.25. The average molecular weight is 227 g/mol. The van der Waals surface area contributed by atoms with E-state index in [0.717, 1.165) is 32.4 Å². The van der Waals surface area contributed by atoms with E-state index in [9.17, 15) is 4.79 Å². The van der Waals surface area contributed by atoms with Gasteiger partial charge in [-0.25, -0.2) is 0 Å². The van der Waals surface area contributed by atoms with Gasteiger partial charge in [-0.05, 0) is 31.2 Å². The fourth-order valence-electron chi connectivity index (χ4n) is 1.39. The normalized spacial score (nSPS) is 11.4. The predicted octanol–water partition coefficient (Wildman–Crippen LogP) is 2.82. The molecule has 0 fully saturated rings. The third-order valence-corrected chi connectivity index (χ3v) is 2.87. The van der Waals surface area contributed by atoms with Crippen LogP contribution in [-0.4, -0.2) is 24.2 Å². The van der Waals surface area contributed by atoms with Gasteiger partial charge in [0.15, 0.2) is 0 Å². The Morgan fingerprint density at radius 2 is 2.00 bits per heavy atom. The lowest BCUT2D eigenvalue weighted by Crippen LogP contribution is -2.24. The number of carboxylic acids is 1. The number of aliphatic carboxylic acids is 1. The zero-order valence-corrected chi connectivity index (χ0v) is 10.8. The van der Waals surface area contributed by atoms with Crippen LogP contribution in [0.2, 0.25) is 0 Å². The van der Waals surface area contributed by atoms with Crippen LogP contribution >= 0.6 is 0 Å². The summed E-state index contributed by atoms with van der Waals surface area (Å²) in [5, 5.41) is 12.0. The molecule has 16 heavy (non-hydrogen) atoms. The molecule has 0 heterocycles. The zero-order chi connectivity index (χ0) is 12.6. The van der Waals surface area contributed by atoms with Crippen molar-refractivity contribution in [1.29, 1.82) is 0 Å². The largest absolute Gasteiger partial charge is 0.481 e. The number of hydrogen-bond acceptors (Lipinski definition) is 2. The van der Waals surface area contributed by atoms with E-state index in [-0.39, 0.29) is 11.8 Å². The predicted molar refractivity (Wildman–Crippen MR) is 67.6 cm³/mol. The molecule has 0 radical (unpaired) electrons. The van der Waals surface area contributed by atoms with Gasteiger partial charge in [0.25, 0.3) is 0 Å². The molecule has 3 heteroatoms. The van der Waals surface area contributed by atoms with Crippen LogP contribution in [0.15, 0.2) is 12.2 Å². The molecule has 0 aromatic carbocycles. The second kappa shape index (κ2) is 7.44. The van der Waals surface area contributed by atoms with Gasteiger partial charge in [0, 0.05) is 13.0 Å². The van der Waals surface area contributed by atoms with Crippen molar-refractivity contribution in [2.24, 2.45) is 5.41 Å². The van der Waals surface area contributed by atoms with Crippen molar-refractivity contribution in [3.05, 3.63) is 12.2 Å². The van der Waals surface area contributed by atoms with Gasteiger partial charge in [-0.15, -0.1) is 0 Å². The van der Waals surface area contributed by atoms with Crippen LogP contribution in [0.3, 0.4) is 0 Å². The molecular weight excluding hydrogens is 202 g/mol. The Balaban J connectivity index is 3.65. The van der Waals surface area contributed by atoms with Crippen molar-refractivity contribution in [3.8, 4) is 0 Å². The maximum atomic E-state index is 10.5. The summed E-state index contributed by atoms with van der Waals surface area (Å²) in [4.78, 5) is 10.5. The summed E-state index contributed by atoms with van der Waals surface area (Å²) in [6.45, 7) is 12.0. The summed E-state index contributed by atoms with van der Waals surface area (Å²) in [5.74, 6) is -0.708. The van der Waals surface area contributed by atoms with Crippen molar-refractivity contribution >= 4 is 5.97 Å². The molecule has 3 nitrogen and oxygen atoms in total. The lowest BCUT2D eigenvalue weighted by atomic mass is 9.84. The Morgan fingerprint density at radius 3 is 2.50 bits per heavy atom. The summed E-state index contributed by atoms with van der Waals surface area (Å²) in [6, 6.07) is 0. The summed E-state index contributed by atoms with van der Waals surface area (Å²) in [5.41, 5.74) is 1.31. The molecule has 2 N–H and O–H groups in total. The van der Waals surface area contributed by atoms with Crippen LogP contribution in [0, 0.1) is 5.41 Å². The van der Waals surface area contributed by atoms with Crippen LogP contribution in [0.1, 0.15) is 46.5 Å². The minimum absolute atomic E-state index is 0.0962. The Hall–Kier alpha value is -0.830. The summed E-state index contributed by atoms with van der Waals surface area (Å²) >= 11 is 0. The van der Waals surface area contributed by atoms with Crippen LogP contribution in [0.25, 0.3) is 0 Å². The lowest BCUT2D eigenvalue weighted by Gasteiger charge is -2.24. The van der Waals surface area contributed by atoms with Gasteiger partial charge in [0.1, 0.15) is 0 Å². The van der Waals surface area contributed by atoms with Gasteiger partial charge in [-0.1, -0.05) is 32.9 Å². The standard InChI is InChI=1S/C13H25NO2/c1-5-11(2)10-14-9-8-13(3,4)7-6-12(15)16/h14H,2,5-10H2,1,3-4H3,(H,15,16). The van der Waals surface area contributed by atoms with Crippen molar-refractivity contribution in [1.82, 2.24) is 5.32 Å². The second-order valence-corrected chi connectivity index (χ2v) is 5.09. The zero-order valence-electron chi connectivity index (χ0n) is 10.8. The summed E-state index contributed by atoms with van der Waals surface area (Å²) in [6.07, 6.45) is 3.00. The first kappa shape index (κ1) is 15.2. The highest BCUT2D eigenvalue weighted by Gasteiger charge is 2.18. The molecule has 0 spiro atoms. The van der Waals surface area contributed by atoms with Crippen LogP contribution in [-0.2, 0) is 4.79 Å². The van der Waals surface area contributed by atoms with Crippen molar-refractivity contribution in [2.45, 2.75) is 46.5 Å². The molecule has 0 aromatic rings. The van der Waals surface area contributed by atoms with Gasteiger partial charge in [-0.3, -0.25) is 4.79 Å². The van der Waals surface area contributed by atoms with Crippen molar-refractivity contribution < 1.29 is 9.90 Å². The van der Waals surface area contributed by atoms with Crippen molar-refractivity contribution in [2.75, 3.05) is 13.1 Å². The first-order chi connectivity index (χ1) is 7.37. The summed E-state index contributed by atoms with van der Waals surface area (Å²) < 4.78 is 0. The molecule has 0 unspecified atom stereocenters. The number of nitrogens with one attached hydrogen (secondary N) is 1. The molecule has 0 aromatic heterocycles. The Labute approximate surface area is 98.9 Å². The van der Waals surface area contributed by atoms with Crippen LogP contribution in [0.5, 0.6) is 0 Å². The number of hydrogen-bond donors (Lipinski definition) is 2. The molecule has 0 rings (SSSR count). The molecular formula is C13H25NO2. The summed E-state index contributed by atoms with van der Waals surface area (Å²) in [7, 11) is 0. The molecule has 0 aliphatic carbocycles. The molecule has 0 atom stereocenters. The topological polar surface area (TPSA) is 49.3 Å². The number of rotatable bonds is 9. The van der Waals surface area contributed by atoms with Gasteiger partial charge in [0.05, 0.1) is 0 Å². The van der Waals surface area contributed by atoms with E-state index in [1.54, 1.807) is 0 Å². The second-order valence-electron chi connectivity index (χ2n) is 5.09. The smallest absolute Gasteiger partial charge is 0.303 e. The van der Waals surface area contributed by atoms with Crippen LogP contribution < -0.4 is 5.32 Å². The molecule has 0 aliphatic rings. The Kier molecular flexibility index (Phi) is 7.06. The fourth-order valence-corrected chi connectivity index (χ4v) is 1.39. The number of carboxylic acid groups (broad SMARTS) is 1. The van der Waals surface area contributed by atoms with Crippen molar-refractivity contribution in [3.63, 3.8) is 0 Å². The highest BCUT2D eigenvalue weighted by atomic mass is 16.4. The SMILES string of the molecule is C=C(CC)CNCCC(C)(C)CCC(=O)O. The minimum atomic E-state index is -0.708. The van der Waals surface area contributed by atoms with Gasteiger partial charge in [-0.2, -0.15) is 0 Å². The van der Waals surface area contributed by atoms with Crippen LogP contribution in [0.4, 0.5) is 0 Å². The maximum Gasteiger partial charge on any atom is 0.303 e. The van der Waals surface area contributed by atoms with E-state index in [0.29, 0.717) is 0 Å². The number of carbonyl (C=O) groups is 1. The molecule has 0 saturated heterocycles. The molecule has 0 aliphatic heterocycles. The molecule has 0 amide bonds. The third-order valence-electron chi connectivity index (χ3n) is 2.87. The Bertz CT molecular complexity index is 234. The monoisotopic (exact) mass is 227 g/mol. The van der Waals surface area contributed by atoms with Gasteiger partial charge in [0.2, 0.25) is 0 Å². The third kappa shape index (κ3) is 8.48. The maximum absolute atomic E-state index is 10.5. The average Bonchev–Trinajstić information content (AvgIpc) is 2.21. The first-order valence-electron chi connectivity index (χ1n) is 5.96. The first-order valence-corrected chi connectivity index (χ1v) is 5.96. The van der Waals surface area contributed by atoms with Gasteiger partial charge < -0.3 is 10.4 Å². The lowest BCUT2D eigenvalue weighted by molar-refractivity contribution is -0.137. The molecule has 94 valence electrons. The molecule has 0 bridgehead atoms. The Morgan fingerprint density at radius 1 is 1.38 bits per heavy atom. The van der Waals surface area contributed by atoms with E-state index < -0.39 is 5.97 Å². The highest BCUT2D eigenvalue weighted by molar-refractivity contribution is 5.66. The fraction of sp³-hybridized carbons (Fsp3) is 0.769. The van der Waals surface area contributed by atoms with E-state index in [2.05, 4.69) is 32.7 Å². The van der Waals surface area contributed by atoms with E-state index >= 15 is 0 Å². The van der Waals surface area contributed by atoms with E-state index in [4.69, 9.17) is 5.11 Å².